The van der Waals surface area contributed by atoms with E-state index < -0.39 is 54.5 Å². The molecule has 0 amide bonds. The maximum Gasteiger partial charge on any atom is 0.303 e. The van der Waals surface area contributed by atoms with Gasteiger partial charge >= 0.3 is 23.9 Å². The number of fused-ring (bicyclic) bond motifs is 2. The summed E-state index contributed by atoms with van der Waals surface area (Å²) in [6.07, 6.45) is -0.468. The Labute approximate surface area is 253 Å². The number of benzene rings is 1. The maximum atomic E-state index is 12.2. The molecule has 0 unspecified atom stereocenters. The highest BCUT2D eigenvalue weighted by molar-refractivity contribution is 5.93. The Morgan fingerprint density at radius 3 is 2.32 bits per heavy atom. The van der Waals surface area contributed by atoms with Crippen molar-refractivity contribution < 1.29 is 42.9 Å². The number of nitrogens with one attached hydrogen (secondary N) is 1. The van der Waals surface area contributed by atoms with Gasteiger partial charge in [0.1, 0.15) is 18.4 Å². The molecule has 0 bridgehead atoms. The molecule has 44 heavy (non-hydrogen) atoms. The number of hydrogen-bond donors (Lipinski definition) is 1. The molecule has 1 aliphatic carbocycles. The molecule has 1 aliphatic heterocycles. The van der Waals surface area contributed by atoms with Crippen molar-refractivity contribution in [3.05, 3.63) is 47.4 Å². The number of aryl methyl sites for hydroxylation is 1. The van der Waals surface area contributed by atoms with E-state index in [0.29, 0.717) is 12.2 Å². The number of nitrogens with zero attached hydrogens (tertiary/aromatic N) is 4. The summed E-state index contributed by atoms with van der Waals surface area (Å²) in [6, 6.07) is 7.97. The first kappa shape index (κ1) is 30.9. The zero-order chi connectivity index (χ0) is 31.4. The van der Waals surface area contributed by atoms with Crippen LogP contribution in [0.3, 0.4) is 0 Å². The normalized spacial score (nSPS) is 22.9. The van der Waals surface area contributed by atoms with Crippen molar-refractivity contribution in [2.45, 2.75) is 90.6 Å². The summed E-state index contributed by atoms with van der Waals surface area (Å²) < 4.78 is 29.2. The Morgan fingerprint density at radius 2 is 1.59 bits per heavy atom. The van der Waals surface area contributed by atoms with E-state index in [1.165, 1.54) is 37.9 Å². The minimum absolute atomic E-state index is 0.311. The van der Waals surface area contributed by atoms with Crippen LogP contribution in [0, 0.1) is 0 Å². The smallest absolute Gasteiger partial charge is 0.303 e. The largest absolute Gasteiger partial charge is 0.463 e. The minimum atomic E-state index is -1.31. The summed E-state index contributed by atoms with van der Waals surface area (Å²) in [6.45, 7) is 4.71. The number of ether oxygens (including phenoxy) is 5. The number of carbonyl (C=O) groups is 4. The fourth-order valence-electron chi connectivity index (χ4n) is 5.69. The second-order valence-corrected chi connectivity index (χ2v) is 10.8. The first-order chi connectivity index (χ1) is 21.1. The van der Waals surface area contributed by atoms with Gasteiger partial charge in [0, 0.05) is 44.5 Å². The van der Waals surface area contributed by atoms with Gasteiger partial charge in [0.15, 0.2) is 24.5 Å². The van der Waals surface area contributed by atoms with Crippen LogP contribution in [0.4, 0.5) is 5.69 Å². The molecule has 0 radical (unpaired) electrons. The van der Waals surface area contributed by atoms with Crippen molar-refractivity contribution in [1.82, 2.24) is 20.0 Å². The fourth-order valence-corrected chi connectivity index (χ4v) is 5.69. The van der Waals surface area contributed by atoms with E-state index in [0.717, 1.165) is 48.0 Å². The standard InChI is InChI=1S/C30H35N5O9/c1-16(36)40-15-25-27(41-17(2)37)28(42-18(3)38)29(43-19(4)39)30(44-25)35-14-20(33-34-35)13-31-26-21-9-5-7-11-23(21)32-24-12-8-6-10-22(24)26/h5,7,9,11,14,25,27-30H,6,8,10,12-13,15H2,1-4H3,(H,31,32)/t25-,27-,28+,29-,30-/m1/s1. The number of para-hydroxylation sites is 1. The number of hydrogen-bond acceptors (Lipinski definition) is 13. The van der Waals surface area contributed by atoms with Gasteiger partial charge in [-0.25, -0.2) is 4.68 Å². The number of carbonyl (C=O) groups excluding carboxylic acids is 4. The Balaban J connectivity index is 1.45. The highest BCUT2D eigenvalue weighted by atomic mass is 16.7. The van der Waals surface area contributed by atoms with Crippen LogP contribution in [-0.2, 0) is 62.2 Å². The van der Waals surface area contributed by atoms with Crippen molar-refractivity contribution in [1.29, 1.82) is 0 Å². The third-order valence-corrected chi connectivity index (χ3v) is 7.40. The number of aromatic nitrogens is 4. The summed E-state index contributed by atoms with van der Waals surface area (Å²) in [5.74, 6) is -2.72. The maximum absolute atomic E-state index is 12.2. The Bertz CT molecular complexity index is 1560. The number of anilines is 1. The lowest BCUT2D eigenvalue weighted by atomic mass is 9.92. The second kappa shape index (κ2) is 13.4. The highest BCUT2D eigenvalue weighted by Crippen LogP contribution is 2.36. The van der Waals surface area contributed by atoms with Crippen LogP contribution in [0.1, 0.15) is 63.7 Å². The van der Waals surface area contributed by atoms with Crippen LogP contribution >= 0.6 is 0 Å². The van der Waals surface area contributed by atoms with Crippen molar-refractivity contribution in [2.24, 2.45) is 0 Å². The van der Waals surface area contributed by atoms with Crippen molar-refractivity contribution in [3.8, 4) is 0 Å². The SMILES string of the molecule is CC(=O)OC[C@H]1O[C@@H](n2cc(CNc3c4c(nc5ccccc35)CCCC4)nn2)[C@H](OC(C)=O)[C@@H](OC(C)=O)[C@@H]1OC(C)=O. The van der Waals surface area contributed by atoms with Gasteiger partial charge < -0.3 is 29.0 Å². The molecule has 1 saturated heterocycles. The van der Waals surface area contributed by atoms with Gasteiger partial charge in [-0.2, -0.15) is 0 Å². The molecule has 14 nitrogen and oxygen atoms in total. The summed E-state index contributed by atoms with van der Waals surface area (Å²) in [5.41, 5.74) is 4.76. The molecule has 5 atom stereocenters. The van der Waals surface area contributed by atoms with Gasteiger partial charge in [0.25, 0.3) is 0 Å². The van der Waals surface area contributed by atoms with Crippen LogP contribution in [0.5, 0.6) is 0 Å². The molecule has 1 N–H and O–H groups in total. The highest BCUT2D eigenvalue weighted by Gasteiger charge is 2.53. The molecule has 1 aromatic carbocycles. The summed E-state index contributed by atoms with van der Waals surface area (Å²) in [4.78, 5) is 52.8. The average molecular weight is 610 g/mol. The summed E-state index contributed by atoms with van der Waals surface area (Å²) >= 11 is 0. The molecule has 0 spiro atoms. The van der Waals surface area contributed by atoms with Crippen LogP contribution in [0.25, 0.3) is 10.9 Å². The molecular formula is C30H35N5O9. The van der Waals surface area contributed by atoms with E-state index in [1.807, 2.05) is 24.3 Å². The third-order valence-electron chi connectivity index (χ3n) is 7.40. The topological polar surface area (TPSA) is 170 Å². The lowest BCUT2D eigenvalue weighted by Gasteiger charge is -2.44. The molecular weight excluding hydrogens is 574 g/mol. The lowest BCUT2D eigenvalue weighted by Crippen LogP contribution is -2.60. The van der Waals surface area contributed by atoms with Crippen LogP contribution in [0.2, 0.25) is 0 Å². The number of pyridine rings is 1. The summed E-state index contributed by atoms with van der Waals surface area (Å²) in [7, 11) is 0. The molecule has 0 saturated carbocycles. The first-order valence-electron chi connectivity index (χ1n) is 14.5. The van der Waals surface area contributed by atoms with Gasteiger partial charge in [0.05, 0.1) is 18.3 Å². The summed E-state index contributed by atoms with van der Waals surface area (Å²) in [5, 5.41) is 13.1. The Kier molecular flexibility index (Phi) is 9.37. The predicted molar refractivity (Wildman–Crippen MR) is 153 cm³/mol. The van der Waals surface area contributed by atoms with Gasteiger partial charge in [-0.3, -0.25) is 24.2 Å². The quantitative estimate of drug-likeness (QED) is 0.278. The first-order valence-corrected chi connectivity index (χ1v) is 14.5. The van der Waals surface area contributed by atoms with E-state index in [2.05, 4.69) is 15.6 Å². The molecule has 2 aromatic heterocycles. The zero-order valence-electron chi connectivity index (χ0n) is 25.0. The molecule has 2 aliphatic rings. The van der Waals surface area contributed by atoms with E-state index in [9.17, 15) is 19.2 Å². The molecule has 3 heterocycles. The van der Waals surface area contributed by atoms with Crippen LogP contribution in [0.15, 0.2) is 30.5 Å². The lowest BCUT2D eigenvalue weighted by molar-refractivity contribution is -0.270. The second-order valence-electron chi connectivity index (χ2n) is 10.8. The van der Waals surface area contributed by atoms with Crippen molar-refractivity contribution in [2.75, 3.05) is 11.9 Å². The molecule has 234 valence electrons. The van der Waals surface area contributed by atoms with E-state index in [1.54, 1.807) is 6.20 Å². The monoisotopic (exact) mass is 609 g/mol. The van der Waals surface area contributed by atoms with Gasteiger partial charge in [-0.15, -0.1) is 5.10 Å². The predicted octanol–water partition coefficient (Wildman–Crippen LogP) is 2.57. The van der Waals surface area contributed by atoms with E-state index in [4.69, 9.17) is 28.7 Å². The zero-order valence-corrected chi connectivity index (χ0v) is 25.0. The van der Waals surface area contributed by atoms with E-state index in [-0.39, 0.29) is 6.61 Å². The van der Waals surface area contributed by atoms with Crippen LogP contribution in [-0.4, -0.2) is 74.9 Å². The number of rotatable bonds is 9. The Morgan fingerprint density at radius 1 is 0.909 bits per heavy atom. The third kappa shape index (κ3) is 6.96. The Hall–Kier alpha value is -4.59. The molecule has 14 heteroatoms. The van der Waals surface area contributed by atoms with Gasteiger partial charge in [0.2, 0.25) is 0 Å². The minimum Gasteiger partial charge on any atom is -0.463 e. The fraction of sp³-hybridized carbons (Fsp3) is 0.500. The van der Waals surface area contributed by atoms with E-state index >= 15 is 0 Å². The average Bonchev–Trinajstić information content (AvgIpc) is 3.44. The van der Waals surface area contributed by atoms with Gasteiger partial charge in [-0.1, -0.05) is 23.4 Å². The van der Waals surface area contributed by atoms with Crippen molar-refractivity contribution in [3.63, 3.8) is 0 Å². The van der Waals surface area contributed by atoms with Gasteiger partial charge in [-0.05, 0) is 37.3 Å². The molecule has 3 aromatic rings. The number of esters is 4. The van der Waals surface area contributed by atoms with Crippen LogP contribution < -0.4 is 5.32 Å². The molecule has 1 fully saturated rings. The van der Waals surface area contributed by atoms with Crippen molar-refractivity contribution >= 4 is 40.5 Å². The molecule has 5 rings (SSSR count).